The smallest absolute Gasteiger partial charge is 0.230 e. The van der Waals surface area contributed by atoms with Crippen molar-refractivity contribution in [3.63, 3.8) is 0 Å². The lowest BCUT2D eigenvalue weighted by Crippen LogP contribution is -2.31. The van der Waals surface area contributed by atoms with Gasteiger partial charge in [-0.25, -0.2) is 0 Å². The number of hydrogen-bond acceptors (Lipinski definition) is 5. The minimum atomic E-state index is 0.191. The summed E-state index contributed by atoms with van der Waals surface area (Å²) in [6.45, 7) is 1.87. The van der Waals surface area contributed by atoms with Gasteiger partial charge in [0, 0.05) is 18.7 Å². The maximum absolute atomic E-state index is 6.23. The molecule has 2 heterocycles. The van der Waals surface area contributed by atoms with Crippen molar-refractivity contribution in [1.29, 1.82) is 0 Å². The van der Waals surface area contributed by atoms with E-state index in [1.807, 2.05) is 12.1 Å². The Bertz CT molecular complexity index is 656. The molecule has 0 saturated carbocycles. The molecule has 2 aromatic rings. The van der Waals surface area contributed by atoms with Crippen LogP contribution in [0.4, 0.5) is 11.9 Å². The third-order valence-electron chi connectivity index (χ3n) is 3.47. The fraction of sp³-hybridized carbons (Fsp3) is 0.357. The summed E-state index contributed by atoms with van der Waals surface area (Å²) in [5.41, 5.74) is 6.49. The Morgan fingerprint density at radius 3 is 2.52 bits per heavy atom. The van der Waals surface area contributed by atoms with Gasteiger partial charge in [-0.1, -0.05) is 29.3 Å². The van der Waals surface area contributed by atoms with E-state index in [2.05, 4.69) is 19.9 Å². The zero-order valence-corrected chi connectivity index (χ0v) is 12.9. The van der Waals surface area contributed by atoms with E-state index in [1.165, 1.54) is 6.42 Å². The molecule has 0 bridgehead atoms. The van der Waals surface area contributed by atoms with Gasteiger partial charge in [0.2, 0.25) is 11.9 Å². The van der Waals surface area contributed by atoms with Crippen molar-refractivity contribution in [3.05, 3.63) is 28.2 Å². The Balaban J connectivity index is 2.03. The molecule has 0 amide bonds. The Morgan fingerprint density at radius 1 is 1.00 bits per heavy atom. The molecule has 0 radical (unpaired) electrons. The molecule has 7 heteroatoms. The van der Waals surface area contributed by atoms with Crippen molar-refractivity contribution in [3.8, 4) is 11.4 Å². The molecule has 1 aliphatic heterocycles. The van der Waals surface area contributed by atoms with Gasteiger partial charge in [-0.3, -0.25) is 0 Å². The van der Waals surface area contributed by atoms with E-state index in [9.17, 15) is 0 Å². The van der Waals surface area contributed by atoms with Gasteiger partial charge in [-0.05, 0) is 31.4 Å². The van der Waals surface area contributed by atoms with Gasteiger partial charge in [-0.2, -0.15) is 15.0 Å². The molecule has 1 aliphatic rings. The van der Waals surface area contributed by atoms with Gasteiger partial charge in [0.25, 0.3) is 0 Å². The zero-order valence-electron chi connectivity index (χ0n) is 11.4. The summed E-state index contributed by atoms with van der Waals surface area (Å²) in [5.74, 6) is 1.25. The molecule has 1 aromatic heterocycles. The molecule has 110 valence electrons. The Labute approximate surface area is 133 Å². The van der Waals surface area contributed by atoms with Crippen LogP contribution in [-0.4, -0.2) is 28.0 Å². The molecule has 0 atom stereocenters. The lowest BCUT2D eigenvalue weighted by molar-refractivity contribution is 0.568. The first-order valence-electron chi connectivity index (χ1n) is 6.86. The van der Waals surface area contributed by atoms with Crippen LogP contribution in [0.1, 0.15) is 19.3 Å². The summed E-state index contributed by atoms with van der Waals surface area (Å²) in [7, 11) is 0. The predicted molar refractivity (Wildman–Crippen MR) is 85.8 cm³/mol. The first kappa shape index (κ1) is 14.4. The zero-order chi connectivity index (χ0) is 14.8. The van der Waals surface area contributed by atoms with Crippen LogP contribution < -0.4 is 10.6 Å². The summed E-state index contributed by atoms with van der Waals surface area (Å²) in [4.78, 5) is 15.1. The average molecular weight is 324 g/mol. The summed E-state index contributed by atoms with van der Waals surface area (Å²) >= 11 is 12.3. The lowest BCUT2D eigenvalue weighted by Gasteiger charge is -2.26. The largest absolute Gasteiger partial charge is 0.368 e. The summed E-state index contributed by atoms with van der Waals surface area (Å²) in [5, 5.41) is 0.891. The Hall–Kier alpha value is -1.59. The number of aromatic nitrogens is 3. The van der Waals surface area contributed by atoms with Crippen molar-refractivity contribution in [1.82, 2.24) is 15.0 Å². The van der Waals surface area contributed by atoms with Gasteiger partial charge < -0.3 is 10.6 Å². The Morgan fingerprint density at radius 2 is 1.76 bits per heavy atom. The average Bonchev–Trinajstić information content (AvgIpc) is 2.50. The van der Waals surface area contributed by atoms with Gasteiger partial charge in [0.05, 0.1) is 10.0 Å². The number of piperidine rings is 1. The van der Waals surface area contributed by atoms with E-state index in [0.717, 1.165) is 25.9 Å². The number of halogens is 2. The number of nitrogen functional groups attached to an aromatic ring is 1. The second kappa shape index (κ2) is 6.03. The van der Waals surface area contributed by atoms with E-state index < -0.39 is 0 Å². The van der Waals surface area contributed by atoms with Crippen molar-refractivity contribution in [2.45, 2.75) is 19.3 Å². The molecule has 1 aromatic carbocycles. The highest BCUT2D eigenvalue weighted by Gasteiger charge is 2.17. The lowest BCUT2D eigenvalue weighted by atomic mass is 10.1. The highest BCUT2D eigenvalue weighted by Crippen LogP contribution is 2.32. The van der Waals surface area contributed by atoms with E-state index in [0.29, 0.717) is 27.4 Å². The third-order valence-corrected chi connectivity index (χ3v) is 4.29. The first-order valence-corrected chi connectivity index (χ1v) is 7.61. The molecule has 1 saturated heterocycles. The van der Waals surface area contributed by atoms with Crippen molar-refractivity contribution in [2.75, 3.05) is 23.7 Å². The number of benzene rings is 1. The SMILES string of the molecule is Nc1nc(-c2cccc(Cl)c2Cl)nc(N2CCCCC2)n1. The van der Waals surface area contributed by atoms with E-state index >= 15 is 0 Å². The standard InChI is InChI=1S/C14H15Cl2N5/c15-10-6-4-5-9(11(10)16)12-18-13(17)20-14(19-12)21-7-2-1-3-8-21/h4-6H,1-3,7-8H2,(H2,17,18,19,20). The van der Waals surface area contributed by atoms with Crippen LogP contribution in [-0.2, 0) is 0 Å². The summed E-state index contributed by atoms with van der Waals surface area (Å²) < 4.78 is 0. The van der Waals surface area contributed by atoms with E-state index in [4.69, 9.17) is 28.9 Å². The molecule has 0 aliphatic carbocycles. The number of anilines is 2. The van der Waals surface area contributed by atoms with Gasteiger partial charge in [-0.15, -0.1) is 0 Å². The monoisotopic (exact) mass is 323 g/mol. The molecule has 21 heavy (non-hydrogen) atoms. The second-order valence-electron chi connectivity index (χ2n) is 4.97. The van der Waals surface area contributed by atoms with Crippen molar-refractivity contribution < 1.29 is 0 Å². The molecule has 1 fully saturated rings. The third kappa shape index (κ3) is 3.04. The second-order valence-corrected chi connectivity index (χ2v) is 5.75. The number of hydrogen-bond donors (Lipinski definition) is 1. The fourth-order valence-electron chi connectivity index (χ4n) is 2.41. The highest BCUT2D eigenvalue weighted by atomic mass is 35.5. The van der Waals surface area contributed by atoms with Crippen LogP contribution in [0.2, 0.25) is 10.0 Å². The van der Waals surface area contributed by atoms with Crippen LogP contribution in [0.15, 0.2) is 18.2 Å². The van der Waals surface area contributed by atoms with Crippen LogP contribution in [0.5, 0.6) is 0 Å². The number of rotatable bonds is 2. The maximum Gasteiger partial charge on any atom is 0.230 e. The first-order chi connectivity index (χ1) is 10.1. The predicted octanol–water partition coefficient (Wildman–Crippen LogP) is 3.42. The molecule has 0 unspecified atom stereocenters. The van der Waals surface area contributed by atoms with Crippen molar-refractivity contribution >= 4 is 35.1 Å². The minimum Gasteiger partial charge on any atom is -0.368 e. The van der Waals surface area contributed by atoms with Gasteiger partial charge >= 0.3 is 0 Å². The van der Waals surface area contributed by atoms with Crippen LogP contribution in [0, 0.1) is 0 Å². The summed E-state index contributed by atoms with van der Waals surface area (Å²) in [6.07, 6.45) is 3.52. The molecule has 3 rings (SSSR count). The molecular weight excluding hydrogens is 309 g/mol. The maximum atomic E-state index is 6.23. The molecule has 0 spiro atoms. The molecular formula is C14H15Cl2N5. The molecule has 2 N–H and O–H groups in total. The van der Waals surface area contributed by atoms with Crippen molar-refractivity contribution in [2.24, 2.45) is 0 Å². The van der Waals surface area contributed by atoms with E-state index in [-0.39, 0.29) is 5.95 Å². The van der Waals surface area contributed by atoms with E-state index in [1.54, 1.807) is 6.07 Å². The van der Waals surface area contributed by atoms with Crippen LogP contribution in [0.3, 0.4) is 0 Å². The quantitative estimate of drug-likeness (QED) is 0.917. The Kier molecular flexibility index (Phi) is 4.12. The number of nitrogens with zero attached hydrogens (tertiary/aromatic N) is 4. The summed E-state index contributed by atoms with van der Waals surface area (Å²) in [6, 6.07) is 5.36. The normalized spacial score (nSPS) is 15.2. The highest BCUT2D eigenvalue weighted by molar-refractivity contribution is 6.43. The fourth-order valence-corrected chi connectivity index (χ4v) is 2.80. The van der Waals surface area contributed by atoms with Crippen LogP contribution in [0.25, 0.3) is 11.4 Å². The van der Waals surface area contributed by atoms with Gasteiger partial charge in [0.1, 0.15) is 0 Å². The number of nitrogens with two attached hydrogens (primary N) is 1. The topological polar surface area (TPSA) is 67.9 Å². The molecule has 5 nitrogen and oxygen atoms in total. The van der Waals surface area contributed by atoms with Crippen LogP contribution >= 0.6 is 23.2 Å². The minimum absolute atomic E-state index is 0.191. The van der Waals surface area contributed by atoms with Gasteiger partial charge in [0.15, 0.2) is 5.82 Å².